The Morgan fingerprint density at radius 1 is 1.17 bits per heavy atom. The average Bonchev–Trinajstić information content (AvgIpc) is 2.42. The maximum absolute atomic E-state index is 9.44. The van der Waals surface area contributed by atoms with Crippen LogP contribution in [0.2, 0.25) is 0 Å². The molecule has 1 aliphatic rings. The lowest BCUT2D eigenvalue weighted by molar-refractivity contribution is 0.117. The van der Waals surface area contributed by atoms with Crippen LogP contribution in [0, 0.1) is 0 Å². The smallest absolute Gasteiger partial charge is 0.118 e. The summed E-state index contributed by atoms with van der Waals surface area (Å²) >= 11 is 0. The number of rotatable bonds is 5. The van der Waals surface area contributed by atoms with Gasteiger partial charge in [0.15, 0.2) is 0 Å². The standard InChI is InChI=1S/C15H23NO2/c1-18-15-8-2-12(3-9-15)10-11-16-13-4-6-14(17)7-5-13/h2-3,8-9,13-14,16-17H,4-7,10-11H2,1H3/t13-,14-. The molecule has 0 radical (unpaired) electrons. The third-order valence-corrected chi connectivity index (χ3v) is 3.70. The third kappa shape index (κ3) is 4.00. The van der Waals surface area contributed by atoms with Crippen LogP contribution in [0.5, 0.6) is 5.75 Å². The monoisotopic (exact) mass is 249 g/mol. The van der Waals surface area contributed by atoms with Crippen LogP contribution in [0.25, 0.3) is 0 Å². The van der Waals surface area contributed by atoms with Gasteiger partial charge in [-0.25, -0.2) is 0 Å². The SMILES string of the molecule is COc1ccc(CCN[C@H]2CC[C@H](O)CC2)cc1. The Balaban J connectivity index is 1.68. The molecule has 0 bridgehead atoms. The number of nitrogens with one attached hydrogen (secondary N) is 1. The molecule has 2 N–H and O–H groups in total. The van der Waals surface area contributed by atoms with Gasteiger partial charge in [-0.3, -0.25) is 0 Å². The summed E-state index contributed by atoms with van der Waals surface area (Å²) in [6, 6.07) is 8.83. The highest BCUT2D eigenvalue weighted by molar-refractivity contribution is 5.27. The van der Waals surface area contributed by atoms with Crippen LogP contribution in [0.4, 0.5) is 0 Å². The van der Waals surface area contributed by atoms with Crippen molar-refractivity contribution in [3.8, 4) is 5.75 Å². The number of benzene rings is 1. The summed E-state index contributed by atoms with van der Waals surface area (Å²) in [6.45, 7) is 1.01. The first kappa shape index (κ1) is 13.4. The number of hydrogen-bond acceptors (Lipinski definition) is 3. The van der Waals surface area contributed by atoms with E-state index in [0.29, 0.717) is 6.04 Å². The Hall–Kier alpha value is -1.06. The lowest BCUT2D eigenvalue weighted by atomic mass is 9.93. The van der Waals surface area contributed by atoms with E-state index >= 15 is 0 Å². The molecular weight excluding hydrogens is 226 g/mol. The number of hydrogen-bond donors (Lipinski definition) is 2. The molecule has 0 spiro atoms. The molecule has 0 aromatic heterocycles. The first-order valence-corrected chi connectivity index (χ1v) is 6.82. The lowest BCUT2D eigenvalue weighted by Gasteiger charge is -2.26. The summed E-state index contributed by atoms with van der Waals surface area (Å²) in [4.78, 5) is 0. The van der Waals surface area contributed by atoms with Crippen LogP contribution in [0.1, 0.15) is 31.2 Å². The van der Waals surface area contributed by atoms with E-state index in [1.807, 2.05) is 12.1 Å². The zero-order valence-corrected chi connectivity index (χ0v) is 11.1. The molecule has 0 atom stereocenters. The molecule has 100 valence electrons. The van der Waals surface area contributed by atoms with E-state index in [-0.39, 0.29) is 6.10 Å². The van der Waals surface area contributed by atoms with Crippen molar-refractivity contribution >= 4 is 0 Å². The second kappa shape index (κ2) is 6.76. The summed E-state index contributed by atoms with van der Waals surface area (Å²) in [5, 5.41) is 13.0. The Labute approximate surface area is 109 Å². The van der Waals surface area contributed by atoms with Gasteiger partial charge in [-0.05, 0) is 56.3 Å². The average molecular weight is 249 g/mol. The quantitative estimate of drug-likeness (QED) is 0.840. The molecule has 0 heterocycles. The Kier molecular flexibility index (Phi) is 5.02. The molecule has 2 rings (SSSR count). The first-order chi connectivity index (χ1) is 8.78. The van der Waals surface area contributed by atoms with Crippen molar-refractivity contribution in [3.05, 3.63) is 29.8 Å². The summed E-state index contributed by atoms with van der Waals surface area (Å²) < 4.78 is 5.14. The number of ether oxygens (including phenoxy) is 1. The lowest BCUT2D eigenvalue weighted by Crippen LogP contribution is -2.35. The Morgan fingerprint density at radius 3 is 2.44 bits per heavy atom. The van der Waals surface area contributed by atoms with E-state index in [1.165, 1.54) is 5.56 Å². The molecule has 0 aliphatic heterocycles. The van der Waals surface area contributed by atoms with Gasteiger partial charge in [-0.1, -0.05) is 12.1 Å². The molecule has 1 fully saturated rings. The molecular formula is C15H23NO2. The molecule has 1 saturated carbocycles. The highest BCUT2D eigenvalue weighted by Crippen LogP contribution is 2.18. The fourth-order valence-corrected chi connectivity index (χ4v) is 2.49. The first-order valence-electron chi connectivity index (χ1n) is 6.82. The second-order valence-electron chi connectivity index (χ2n) is 5.06. The molecule has 0 amide bonds. The molecule has 1 aromatic carbocycles. The van der Waals surface area contributed by atoms with E-state index < -0.39 is 0 Å². The van der Waals surface area contributed by atoms with Gasteiger partial charge < -0.3 is 15.2 Å². The van der Waals surface area contributed by atoms with Gasteiger partial charge in [0.25, 0.3) is 0 Å². The third-order valence-electron chi connectivity index (χ3n) is 3.70. The zero-order valence-electron chi connectivity index (χ0n) is 11.1. The summed E-state index contributed by atoms with van der Waals surface area (Å²) in [5.74, 6) is 0.910. The fourth-order valence-electron chi connectivity index (χ4n) is 2.49. The Bertz CT molecular complexity index is 342. The highest BCUT2D eigenvalue weighted by Gasteiger charge is 2.18. The van der Waals surface area contributed by atoms with Crippen LogP contribution >= 0.6 is 0 Å². The predicted octanol–water partition coefficient (Wildman–Crippen LogP) is 2.13. The van der Waals surface area contributed by atoms with Gasteiger partial charge in [0.05, 0.1) is 13.2 Å². The minimum atomic E-state index is -0.0651. The van der Waals surface area contributed by atoms with Gasteiger partial charge in [-0.15, -0.1) is 0 Å². The predicted molar refractivity (Wildman–Crippen MR) is 73.0 cm³/mol. The van der Waals surface area contributed by atoms with Crippen molar-refractivity contribution in [2.75, 3.05) is 13.7 Å². The summed E-state index contributed by atoms with van der Waals surface area (Å²) in [7, 11) is 1.69. The molecule has 1 aromatic rings. The van der Waals surface area contributed by atoms with Gasteiger partial charge in [0, 0.05) is 6.04 Å². The van der Waals surface area contributed by atoms with Crippen molar-refractivity contribution in [1.29, 1.82) is 0 Å². The van der Waals surface area contributed by atoms with Gasteiger partial charge in [-0.2, -0.15) is 0 Å². The van der Waals surface area contributed by atoms with Crippen molar-refractivity contribution in [1.82, 2.24) is 5.32 Å². The van der Waals surface area contributed by atoms with Gasteiger partial charge >= 0.3 is 0 Å². The maximum Gasteiger partial charge on any atom is 0.118 e. The molecule has 18 heavy (non-hydrogen) atoms. The maximum atomic E-state index is 9.44. The van der Waals surface area contributed by atoms with E-state index in [4.69, 9.17) is 4.74 Å². The molecule has 0 saturated heterocycles. The number of aliphatic hydroxyl groups is 1. The zero-order chi connectivity index (χ0) is 12.8. The van der Waals surface area contributed by atoms with E-state index in [1.54, 1.807) is 7.11 Å². The second-order valence-corrected chi connectivity index (χ2v) is 5.06. The van der Waals surface area contributed by atoms with Crippen molar-refractivity contribution in [2.45, 2.75) is 44.2 Å². The fraction of sp³-hybridized carbons (Fsp3) is 0.600. The normalized spacial score (nSPS) is 23.9. The summed E-state index contributed by atoms with van der Waals surface area (Å²) in [6.07, 6.45) is 5.07. The van der Waals surface area contributed by atoms with Gasteiger partial charge in [0.2, 0.25) is 0 Å². The van der Waals surface area contributed by atoms with Gasteiger partial charge in [0.1, 0.15) is 5.75 Å². The van der Waals surface area contributed by atoms with Crippen LogP contribution in [-0.2, 0) is 6.42 Å². The highest BCUT2D eigenvalue weighted by atomic mass is 16.5. The number of methoxy groups -OCH3 is 1. The van der Waals surface area contributed by atoms with Crippen LogP contribution in [0.3, 0.4) is 0 Å². The Morgan fingerprint density at radius 2 is 1.83 bits per heavy atom. The largest absolute Gasteiger partial charge is 0.497 e. The molecule has 3 heteroatoms. The van der Waals surface area contributed by atoms with E-state index in [0.717, 1.165) is 44.4 Å². The molecule has 3 nitrogen and oxygen atoms in total. The minimum absolute atomic E-state index is 0.0651. The van der Waals surface area contributed by atoms with Crippen LogP contribution in [-0.4, -0.2) is 30.9 Å². The topological polar surface area (TPSA) is 41.5 Å². The van der Waals surface area contributed by atoms with E-state index in [9.17, 15) is 5.11 Å². The molecule has 1 aliphatic carbocycles. The minimum Gasteiger partial charge on any atom is -0.497 e. The van der Waals surface area contributed by atoms with Crippen molar-refractivity contribution in [2.24, 2.45) is 0 Å². The molecule has 0 unspecified atom stereocenters. The van der Waals surface area contributed by atoms with Crippen LogP contribution < -0.4 is 10.1 Å². The summed E-state index contributed by atoms with van der Waals surface area (Å²) in [5.41, 5.74) is 1.33. The van der Waals surface area contributed by atoms with Crippen molar-refractivity contribution in [3.63, 3.8) is 0 Å². The van der Waals surface area contributed by atoms with Crippen LogP contribution in [0.15, 0.2) is 24.3 Å². The van der Waals surface area contributed by atoms with E-state index in [2.05, 4.69) is 17.4 Å². The number of aliphatic hydroxyl groups excluding tert-OH is 1. The van der Waals surface area contributed by atoms with Crippen molar-refractivity contribution < 1.29 is 9.84 Å².